The maximum atomic E-state index is 5.68. The van der Waals surface area contributed by atoms with Gasteiger partial charge in [-0.3, -0.25) is 0 Å². The minimum Gasteiger partial charge on any atom is -0.490 e. The lowest BCUT2D eigenvalue weighted by atomic mass is 10.2. The van der Waals surface area contributed by atoms with Crippen molar-refractivity contribution >= 4 is 47.8 Å². The zero-order chi connectivity index (χ0) is 14.4. The van der Waals surface area contributed by atoms with Crippen LogP contribution in [0.1, 0.15) is 5.56 Å². The van der Waals surface area contributed by atoms with E-state index in [1.54, 1.807) is 0 Å². The molecular formula is C15H13Br3O2. The summed E-state index contributed by atoms with van der Waals surface area (Å²) in [5.74, 6) is 1.68. The molecule has 0 aliphatic rings. The van der Waals surface area contributed by atoms with E-state index < -0.39 is 0 Å². The first-order chi connectivity index (χ1) is 9.69. The van der Waals surface area contributed by atoms with Gasteiger partial charge < -0.3 is 9.47 Å². The van der Waals surface area contributed by atoms with E-state index in [9.17, 15) is 0 Å². The van der Waals surface area contributed by atoms with E-state index in [2.05, 4.69) is 47.8 Å². The fourth-order valence-corrected chi connectivity index (χ4v) is 3.22. The third-order valence-corrected chi connectivity index (χ3v) is 4.45. The van der Waals surface area contributed by atoms with Crippen LogP contribution in [0.4, 0.5) is 0 Å². The number of alkyl halides is 1. The lowest BCUT2D eigenvalue weighted by Crippen LogP contribution is -2.09. The van der Waals surface area contributed by atoms with Crippen LogP contribution in [0.25, 0.3) is 0 Å². The third-order valence-electron chi connectivity index (χ3n) is 2.58. The van der Waals surface area contributed by atoms with E-state index in [0.29, 0.717) is 13.2 Å². The molecular weight excluding hydrogens is 452 g/mol. The van der Waals surface area contributed by atoms with E-state index in [-0.39, 0.29) is 0 Å². The molecule has 0 saturated carbocycles. The first kappa shape index (κ1) is 15.9. The van der Waals surface area contributed by atoms with Gasteiger partial charge in [-0.05, 0) is 42.0 Å². The minimum atomic E-state index is 0.510. The Balaban J connectivity index is 1.81. The predicted molar refractivity (Wildman–Crippen MR) is 91.9 cm³/mol. The molecule has 5 heteroatoms. The Morgan fingerprint density at radius 2 is 1.55 bits per heavy atom. The fourth-order valence-electron chi connectivity index (χ4n) is 1.62. The number of hydrogen-bond donors (Lipinski definition) is 0. The molecule has 0 radical (unpaired) electrons. The van der Waals surface area contributed by atoms with Crippen molar-refractivity contribution in [1.29, 1.82) is 0 Å². The summed E-state index contributed by atoms with van der Waals surface area (Å²) in [6.45, 7) is 1.02. The van der Waals surface area contributed by atoms with Crippen LogP contribution in [0.15, 0.2) is 51.4 Å². The Bertz CT molecular complexity index is 573. The number of halogens is 3. The highest BCUT2D eigenvalue weighted by atomic mass is 79.9. The molecule has 0 saturated heterocycles. The second-order valence-electron chi connectivity index (χ2n) is 4.04. The highest BCUT2D eigenvalue weighted by molar-refractivity contribution is 9.11. The van der Waals surface area contributed by atoms with Gasteiger partial charge in [0.15, 0.2) is 0 Å². The molecule has 0 aliphatic heterocycles. The van der Waals surface area contributed by atoms with Crippen molar-refractivity contribution in [2.45, 2.75) is 5.33 Å². The lowest BCUT2D eigenvalue weighted by molar-refractivity contribution is 0.217. The van der Waals surface area contributed by atoms with Crippen LogP contribution in [-0.2, 0) is 5.33 Å². The van der Waals surface area contributed by atoms with Crippen molar-refractivity contribution < 1.29 is 9.47 Å². The molecule has 0 amide bonds. The Kier molecular flexibility index (Phi) is 6.39. The quantitative estimate of drug-likeness (QED) is 0.411. The minimum absolute atomic E-state index is 0.510. The normalized spacial score (nSPS) is 10.3. The van der Waals surface area contributed by atoms with Crippen LogP contribution in [0, 0.1) is 0 Å². The molecule has 0 atom stereocenters. The van der Waals surface area contributed by atoms with Crippen LogP contribution in [0.3, 0.4) is 0 Å². The molecule has 2 rings (SSSR count). The standard InChI is InChI=1S/C15H13Br3O2/c16-10-11-8-14(4-5-15(11)18)20-7-6-19-13-3-1-2-12(17)9-13/h1-5,8-9H,6-7,10H2. The SMILES string of the molecule is BrCc1cc(OCCOc2cccc(Br)c2)ccc1Br. The fraction of sp³-hybridized carbons (Fsp3) is 0.200. The molecule has 0 heterocycles. The van der Waals surface area contributed by atoms with E-state index in [1.807, 2.05) is 42.5 Å². The summed E-state index contributed by atoms with van der Waals surface area (Å²) in [5, 5.41) is 0.791. The molecule has 20 heavy (non-hydrogen) atoms. The number of ether oxygens (including phenoxy) is 2. The second-order valence-corrected chi connectivity index (χ2v) is 6.37. The molecule has 106 valence electrons. The zero-order valence-electron chi connectivity index (χ0n) is 10.6. The summed E-state index contributed by atoms with van der Waals surface area (Å²) in [4.78, 5) is 0. The van der Waals surface area contributed by atoms with Crippen LogP contribution in [0.2, 0.25) is 0 Å². The molecule has 0 unspecified atom stereocenters. The molecule has 2 nitrogen and oxygen atoms in total. The zero-order valence-corrected chi connectivity index (χ0v) is 15.4. The Hall–Kier alpha value is -0.520. The van der Waals surface area contributed by atoms with Crippen molar-refractivity contribution in [2.75, 3.05) is 13.2 Å². The molecule has 0 aliphatic carbocycles. The van der Waals surface area contributed by atoms with Crippen molar-refractivity contribution in [2.24, 2.45) is 0 Å². The van der Waals surface area contributed by atoms with Gasteiger partial charge in [0.2, 0.25) is 0 Å². The monoisotopic (exact) mass is 462 g/mol. The summed E-state index contributed by atoms with van der Waals surface area (Å²) < 4.78 is 13.4. The average Bonchev–Trinajstić information content (AvgIpc) is 2.45. The van der Waals surface area contributed by atoms with Gasteiger partial charge in [0.25, 0.3) is 0 Å². The van der Waals surface area contributed by atoms with Gasteiger partial charge in [-0.1, -0.05) is 53.9 Å². The van der Waals surface area contributed by atoms with Crippen molar-refractivity contribution in [3.05, 3.63) is 57.0 Å². The molecule has 0 bridgehead atoms. The number of rotatable bonds is 6. The third kappa shape index (κ3) is 4.79. The second kappa shape index (κ2) is 8.05. The topological polar surface area (TPSA) is 18.5 Å². The van der Waals surface area contributed by atoms with Crippen LogP contribution in [-0.4, -0.2) is 13.2 Å². The molecule has 2 aromatic carbocycles. The Morgan fingerprint density at radius 1 is 0.850 bits per heavy atom. The smallest absolute Gasteiger partial charge is 0.122 e. The van der Waals surface area contributed by atoms with Crippen LogP contribution >= 0.6 is 47.8 Å². The van der Waals surface area contributed by atoms with E-state index in [0.717, 1.165) is 31.3 Å². The van der Waals surface area contributed by atoms with Crippen molar-refractivity contribution in [1.82, 2.24) is 0 Å². The van der Waals surface area contributed by atoms with Gasteiger partial charge in [-0.15, -0.1) is 0 Å². The highest BCUT2D eigenvalue weighted by Gasteiger charge is 2.01. The number of benzene rings is 2. The van der Waals surface area contributed by atoms with Gasteiger partial charge in [0.05, 0.1) is 0 Å². The van der Waals surface area contributed by atoms with Crippen LogP contribution in [0.5, 0.6) is 11.5 Å². The van der Waals surface area contributed by atoms with Gasteiger partial charge in [0, 0.05) is 14.3 Å². The van der Waals surface area contributed by atoms with E-state index in [1.165, 1.54) is 0 Å². The molecule has 2 aromatic rings. The summed E-state index contributed by atoms with van der Waals surface area (Å²) in [6, 6.07) is 13.7. The highest BCUT2D eigenvalue weighted by Crippen LogP contribution is 2.24. The Labute approximate surface area is 143 Å². The van der Waals surface area contributed by atoms with Crippen molar-refractivity contribution in [3.63, 3.8) is 0 Å². The average molecular weight is 465 g/mol. The van der Waals surface area contributed by atoms with Crippen molar-refractivity contribution in [3.8, 4) is 11.5 Å². The van der Waals surface area contributed by atoms with E-state index in [4.69, 9.17) is 9.47 Å². The van der Waals surface area contributed by atoms with Gasteiger partial charge in [-0.2, -0.15) is 0 Å². The molecule has 0 spiro atoms. The molecule has 0 aromatic heterocycles. The first-order valence-corrected chi connectivity index (χ1v) is 8.75. The lowest BCUT2D eigenvalue weighted by Gasteiger charge is -2.10. The largest absolute Gasteiger partial charge is 0.490 e. The summed E-state index contributed by atoms with van der Waals surface area (Å²) in [6.07, 6.45) is 0. The first-order valence-electron chi connectivity index (χ1n) is 6.04. The predicted octanol–water partition coefficient (Wildman–Crippen LogP) is 5.56. The summed E-state index contributed by atoms with van der Waals surface area (Å²) in [5.41, 5.74) is 1.16. The molecule has 0 fully saturated rings. The summed E-state index contributed by atoms with van der Waals surface area (Å²) in [7, 11) is 0. The van der Waals surface area contributed by atoms with Gasteiger partial charge in [-0.25, -0.2) is 0 Å². The summed E-state index contributed by atoms with van der Waals surface area (Å²) >= 11 is 10.4. The Morgan fingerprint density at radius 3 is 2.20 bits per heavy atom. The van der Waals surface area contributed by atoms with Gasteiger partial charge >= 0.3 is 0 Å². The van der Waals surface area contributed by atoms with Gasteiger partial charge in [0.1, 0.15) is 24.7 Å². The number of hydrogen-bond acceptors (Lipinski definition) is 2. The molecule has 0 N–H and O–H groups in total. The van der Waals surface area contributed by atoms with Crippen LogP contribution < -0.4 is 9.47 Å². The maximum Gasteiger partial charge on any atom is 0.122 e. The maximum absolute atomic E-state index is 5.68. The van der Waals surface area contributed by atoms with E-state index >= 15 is 0 Å².